The predicted octanol–water partition coefficient (Wildman–Crippen LogP) is 4.79. The molecule has 0 spiro atoms. The molecule has 0 aliphatic carbocycles. The number of rotatable bonds is 7. The maximum absolute atomic E-state index is 11.1. The van der Waals surface area contributed by atoms with Crippen LogP contribution in [0.4, 0.5) is 0 Å². The largest absolute Gasteiger partial charge is 0.486 e. The Kier molecular flexibility index (Phi) is 6.94. The Labute approximate surface area is 156 Å². The second-order valence-corrected chi connectivity index (χ2v) is 14.4. The molecule has 2 atom stereocenters. The lowest BCUT2D eigenvalue weighted by Crippen LogP contribution is -2.45. The number of carbonyl (C=O) groups is 1. The van der Waals surface area contributed by atoms with E-state index in [0.29, 0.717) is 6.42 Å². The lowest BCUT2D eigenvalue weighted by molar-refractivity contribution is -0.109. The number of hydrogen-bond acceptors (Lipinski definition) is 4. The number of aldehydes is 1. The van der Waals surface area contributed by atoms with Gasteiger partial charge >= 0.3 is 7.12 Å². The second-order valence-electron chi connectivity index (χ2n) is 9.69. The van der Waals surface area contributed by atoms with Gasteiger partial charge in [-0.15, -0.1) is 0 Å². The molecule has 0 aromatic rings. The van der Waals surface area contributed by atoms with Crippen molar-refractivity contribution < 1.29 is 18.5 Å². The third kappa shape index (κ3) is 5.52. The van der Waals surface area contributed by atoms with E-state index in [1.54, 1.807) is 0 Å². The minimum Gasteiger partial charge on any atom is -0.413 e. The average molecular weight is 368 g/mol. The van der Waals surface area contributed by atoms with Gasteiger partial charge < -0.3 is 18.5 Å². The van der Waals surface area contributed by atoms with Gasteiger partial charge in [0.05, 0.1) is 17.3 Å². The summed E-state index contributed by atoms with van der Waals surface area (Å²) in [6.45, 7) is 21.3. The fraction of sp³-hybridized carbons (Fsp3) is 0.842. The second kappa shape index (κ2) is 7.67. The molecule has 1 aliphatic heterocycles. The van der Waals surface area contributed by atoms with Crippen LogP contribution in [0.15, 0.2) is 12.1 Å². The molecule has 25 heavy (non-hydrogen) atoms. The van der Waals surface area contributed by atoms with Crippen molar-refractivity contribution in [3.63, 3.8) is 0 Å². The molecule has 0 aromatic carbocycles. The van der Waals surface area contributed by atoms with Gasteiger partial charge in [-0.25, -0.2) is 0 Å². The molecule has 1 heterocycles. The maximum atomic E-state index is 11.1. The summed E-state index contributed by atoms with van der Waals surface area (Å²) >= 11 is 0. The third-order valence-electron chi connectivity index (χ3n) is 6.01. The zero-order chi connectivity index (χ0) is 19.7. The predicted molar refractivity (Wildman–Crippen MR) is 107 cm³/mol. The Bertz CT molecular complexity index is 478. The normalized spacial score (nSPS) is 23.0. The SMILES string of the molecule is C[C@H](/C=C/B1OC(C)(C)C(C)(C)O1)[C@H](CC=O)O[Si](C)(C)C(C)(C)C. The minimum absolute atomic E-state index is 0.110. The van der Waals surface area contributed by atoms with E-state index in [1.165, 1.54) is 0 Å². The molecule has 4 nitrogen and oxygen atoms in total. The molecule has 0 aromatic heterocycles. The molecule has 0 bridgehead atoms. The Morgan fingerprint density at radius 1 is 1.12 bits per heavy atom. The summed E-state index contributed by atoms with van der Waals surface area (Å²) in [6, 6.07) is 0. The van der Waals surface area contributed by atoms with Gasteiger partial charge in [0.15, 0.2) is 8.32 Å². The highest BCUT2D eigenvalue weighted by Crippen LogP contribution is 2.39. The van der Waals surface area contributed by atoms with E-state index in [2.05, 4.69) is 46.9 Å². The summed E-state index contributed by atoms with van der Waals surface area (Å²) in [5.41, 5.74) is -0.684. The van der Waals surface area contributed by atoms with Gasteiger partial charge in [0, 0.05) is 6.42 Å². The first-order valence-corrected chi connectivity index (χ1v) is 12.2. The van der Waals surface area contributed by atoms with Gasteiger partial charge in [-0.05, 0) is 51.7 Å². The lowest BCUT2D eigenvalue weighted by Gasteiger charge is -2.40. The van der Waals surface area contributed by atoms with Crippen molar-refractivity contribution in [3.8, 4) is 0 Å². The highest BCUT2D eigenvalue weighted by Gasteiger charge is 2.50. The van der Waals surface area contributed by atoms with Crippen molar-refractivity contribution in [3.05, 3.63) is 12.1 Å². The summed E-state index contributed by atoms with van der Waals surface area (Å²) in [5, 5.41) is 0.114. The summed E-state index contributed by atoms with van der Waals surface area (Å²) in [6.07, 6.45) is 3.30. The highest BCUT2D eigenvalue weighted by atomic mass is 28.4. The number of hydrogen-bond donors (Lipinski definition) is 0. The standard InChI is InChI=1S/C19H37BO4Si/c1-15(11-13-20-23-18(5,6)19(7,8)24-20)16(12-14-21)22-25(9,10)17(2,3)4/h11,13-16H,12H2,1-10H3/b13-11+/t15-,16+/m1/s1. The molecular formula is C19H37BO4Si. The number of carbonyl (C=O) groups excluding carboxylic acids is 1. The van der Waals surface area contributed by atoms with Crippen LogP contribution >= 0.6 is 0 Å². The minimum atomic E-state index is -1.93. The van der Waals surface area contributed by atoms with Crippen molar-refractivity contribution in [2.45, 2.75) is 97.2 Å². The molecule has 0 unspecified atom stereocenters. The quantitative estimate of drug-likeness (QED) is 0.479. The van der Waals surface area contributed by atoms with E-state index in [0.717, 1.165) is 6.29 Å². The molecule has 144 valence electrons. The van der Waals surface area contributed by atoms with Crippen LogP contribution in [0.1, 0.15) is 61.8 Å². The van der Waals surface area contributed by atoms with Crippen molar-refractivity contribution in [2.75, 3.05) is 0 Å². The zero-order valence-corrected chi connectivity index (χ0v) is 18.8. The van der Waals surface area contributed by atoms with Crippen molar-refractivity contribution in [1.82, 2.24) is 0 Å². The lowest BCUT2D eigenvalue weighted by atomic mass is 9.87. The van der Waals surface area contributed by atoms with Crippen LogP contribution in [-0.2, 0) is 18.5 Å². The van der Waals surface area contributed by atoms with Gasteiger partial charge in [-0.3, -0.25) is 0 Å². The van der Waals surface area contributed by atoms with Gasteiger partial charge in [-0.1, -0.05) is 39.7 Å². The van der Waals surface area contributed by atoms with Gasteiger partial charge in [-0.2, -0.15) is 0 Å². The molecule has 0 N–H and O–H groups in total. The monoisotopic (exact) mass is 368 g/mol. The maximum Gasteiger partial charge on any atom is 0.486 e. The summed E-state index contributed by atoms with van der Waals surface area (Å²) < 4.78 is 18.5. The van der Waals surface area contributed by atoms with E-state index >= 15 is 0 Å². The van der Waals surface area contributed by atoms with Gasteiger partial charge in [0.1, 0.15) is 6.29 Å². The van der Waals surface area contributed by atoms with E-state index in [-0.39, 0.29) is 35.4 Å². The van der Waals surface area contributed by atoms with Crippen LogP contribution in [-0.4, -0.2) is 39.0 Å². The summed E-state index contributed by atoms with van der Waals surface area (Å²) in [5.74, 6) is 2.06. The molecule has 6 heteroatoms. The molecular weight excluding hydrogens is 331 g/mol. The van der Waals surface area contributed by atoms with Crippen LogP contribution < -0.4 is 0 Å². The van der Waals surface area contributed by atoms with E-state index in [4.69, 9.17) is 13.7 Å². The summed E-state index contributed by atoms with van der Waals surface area (Å²) in [7, 11) is -2.29. The first kappa shape index (κ1) is 22.6. The Morgan fingerprint density at radius 2 is 1.60 bits per heavy atom. The fourth-order valence-corrected chi connectivity index (χ4v) is 3.80. The smallest absolute Gasteiger partial charge is 0.413 e. The Morgan fingerprint density at radius 3 is 2.00 bits per heavy atom. The molecule has 1 aliphatic rings. The van der Waals surface area contributed by atoms with E-state index in [1.807, 2.05) is 33.7 Å². The van der Waals surface area contributed by atoms with Crippen LogP contribution in [0.25, 0.3) is 0 Å². The molecule has 0 radical (unpaired) electrons. The van der Waals surface area contributed by atoms with Gasteiger partial charge in [0.2, 0.25) is 0 Å². The van der Waals surface area contributed by atoms with Crippen LogP contribution in [0, 0.1) is 5.92 Å². The average Bonchev–Trinajstić information content (AvgIpc) is 2.62. The van der Waals surface area contributed by atoms with Crippen LogP contribution in [0.2, 0.25) is 18.1 Å². The molecule has 1 fully saturated rings. The highest BCUT2D eigenvalue weighted by molar-refractivity contribution is 6.74. The fourth-order valence-electron chi connectivity index (χ4n) is 2.38. The van der Waals surface area contributed by atoms with Crippen LogP contribution in [0.5, 0.6) is 0 Å². The van der Waals surface area contributed by atoms with Crippen molar-refractivity contribution in [2.24, 2.45) is 5.92 Å². The summed E-state index contributed by atoms with van der Waals surface area (Å²) in [4.78, 5) is 11.1. The molecule has 1 saturated heterocycles. The molecule has 1 rings (SSSR count). The van der Waals surface area contributed by atoms with Crippen LogP contribution in [0.3, 0.4) is 0 Å². The van der Waals surface area contributed by atoms with E-state index < -0.39 is 8.32 Å². The first-order valence-electron chi connectivity index (χ1n) is 9.28. The van der Waals surface area contributed by atoms with Crippen molar-refractivity contribution in [1.29, 1.82) is 0 Å². The first-order chi connectivity index (χ1) is 11.1. The molecule has 0 amide bonds. The Hall–Kier alpha value is -0.428. The molecule has 0 saturated carbocycles. The van der Waals surface area contributed by atoms with Gasteiger partial charge in [0.25, 0.3) is 0 Å². The topological polar surface area (TPSA) is 44.8 Å². The van der Waals surface area contributed by atoms with E-state index in [9.17, 15) is 4.79 Å². The van der Waals surface area contributed by atoms with Crippen molar-refractivity contribution >= 4 is 21.7 Å². The third-order valence-corrected chi connectivity index (χ3v) is 10.5. The zero-order valence-electron chi connectivity index (χ0n) is 17.8. The Balaban J connectivity index is 2.81.